The molecule has 4 rings (SSSR count). The number of amides is 1. The number of carbonyl (C=O) groups excluding carboxylic acids is 1. The number of nitrogens with one attached hydrogen (secondary N) is 1. The van der Waals surface area contributed by atoms with Gasteiger partial charge in [-0.1, -0.05) is 53.5 Å². The molecular formula is C27H26Cl2N4O. The second-order valence-corrected chi connectivity index (χ2v) is 8.85. The Morgan fingerprint density at radius 1 is 1.00 bits per heavy atom. The Hall–Kier alpha value is -3.28. The molecule has 0 saturated heterocycles. The summed E-state index contributed by atoms with van der Waals surface area (Å²) >= 11 is 12.3. The first kappa shape index (κ1) is 23.9. The SMILES string of the molecule is CCN(CCNC(=O)c1cnn(-c2cccc(Cl)c2)c1-c1ccc(Cl)cc1)c1cccc(C)c1. The molecule has 0 saturated carbocycles. The Morgan fingerprint density at radius 3 is 2.47 bits per heavy atom. The highest BCUT2D eigenvalue weighted by Crippen LogP contribution is 2.29. The quantitative estimate of drug-likeness (QED) is 0.309. The fraction of sp³-hybridized carbons (Fsp3) is 0.185. The van der Waals surface area contributed by atoms with Crippen LogP contribution in [0.15, 0.2) is 79.0 Å². The van der Waals surface area contributed by atoms with E-state index in [0.717, 1.165) is 23.5 Å². The molecule has 0 unspecified atom stereocenters. The zero-order chi connectivity index (χ0) is 24.1. The normalized spacial score (nSPS) is 10.8. The number of anilines is 1. The molecule has 1 aromatic heterocycles. The van der Waals surface area contributed by atoms with Crippen LogP contribution in [-0.4, -0.2) is 35.3 Å². The van der Waals surface area contributed by atoms with Gasteiger partial charge in [0, 0.05) is 40.9 Å². The van der Waals surface area contributed by atoms with Gasteiger partial charge in [0.05, 0.1) is 23.1 Å². The first-order valence-corrected chi connectivity index (χ1v) is 11.9. The molecule has 0 fully saturated rings. The number of halogens is 2. The minimum absolute atomic E-state index is 0.182. The Bertz CT molecular complexity index is 1280. The predicted molar refractivity (Wildman–Crippen MR) is 140 cm³/mol. The minimum atomic E-state index is -0.182. The summed E-state index contributed by atoms with van der Waals surface area (Å²) in [7, 11) is 0. The largest absolute Gasteiger partial charge is 0.370 e. The molecule has 1 heterocycles. The third-order valence-electron chi connectivity index (χ3n) is 5.60. The number of hydrogen-bond acceptors (Lipinski definition) is 3. The summed E-state index contributed by atoms with van der Waals surface area (Å²) in [6.07, 6.45) is 1.60. The molecular weight excluding hydrogens is 467 g/mol. The van der Waals surface area contributed by atoms with Crippen LogP contribution < -0.4 is 10.2 Å². The van der Waals surface area contributed by atoms with Crippen molar-refractivity contribution in [1.82, 2.24) is 15.1 Å². The lowest BCUT2D eigenvalue weighted by molar-refractivity contribution is 0.0955. The van der Waals surface area contributed by atoms with Crippen molar-refractivity contribution in [3.63, 3.8) is 0 Å². The summed E-state index contributed by atoms with van der Waals surface area (Å²) in [6, 6.07) is 23.1. The maximum absolute atomic E-state index is 13.2. The molecule has 0 aliphatic heterocycles. The highest BCUT2D eigenvalue weighted by molar-refractivity contribution is 6.31. The first-order chi connectivity index (χ1) is 16.5. The first-order valence-electron chi connectivity index (χ1n) is 11.2. The van der Waals surface area contributed by atoms with Crippen LogP contribution in [0, 0.1) is 6.92 Å². The van der Waals surface area contributed by atoms with Crippen molar-refractivity contribution >= 4 is 34.8 Å². The lowest BCUT2D eigenvalue weighted by atomic mass is 10.1. The van der Waals surface area contributed by atoms with Crippen LogP contribution in [0.2, 0.25) is 10.0 Å². The Kier molecular flexibility index (Phi) is 7.56. The Morgan fingerprint density at radius 2 is 1.76 bits per heavy atom. The minimum Gasteiger partial charge on any atom is -0.370 e. The number of nitrogens with zero attached hydrogens (tertiary/aromatic N) is 3. The van der Waals surface area contributed by atoms with E-state index in [1.807, 2.05) is 30.3 Å². The zero-order valence-corrected chi connectivity index (χ0v) is 20.6. The average molecular weight is 493 g/mol. The van der Waals surface area contributed by atoms with Gasteiger partial charge < -0.3 is 10.2 Å². The fourth-order valence-corrected chi connectivity index (χ4v) is 4.21. The Balaban J connectivity index is 1.58. The summed E-state index contributed by atoms with van der Waals surface area (Å²) in [4.78, 5) is 15.5. The van der Waals surface area contributed by atoms with Crippen LogP contribution in [0.25, 0.3) is 16.9 Å². The molecule has 1 amide bonds. The second kappa shape index (κ2) is 10.8. The van der Waals surface area contributed by atoms with Crippen molar-refractivity contribution in [2.75, 3.05) is 24.5 Å². The van der Waals surface area contributed by atoms with E-state index in [9.17, 15) is 4.79 Å². The van der Waals surface area contributed by atoms with Gasteiger partial charge in [-0.3, -0.25) is 4.79 Å². The number of hydrogen-bond donors (Lipinski definition) is 1. The van der Waals surface area contributed by atoms with Gasteiger partial charge in [0.15, 0.2) is 0 Å². The molecule has 0 atom stereocenters. The van der Waals surface area contributed by atoms with E-state index in [1.165, 1.54) is 5.56 Å². The van der Waals surface area contributed by atoms with Crippen LogP contribution in [0.3, 0.4) is 0 Å². The summed E-state index contributed by atoms with van der Waals surface area (Å²) in [5, 5.41) is 8.80. The van der Waals surface area contributed by atoms with Crippen molar-refractivity contribution in [1.29, 1.82) is 0 Å². The van der Waals surface area contributed by atoms with Gasteiger partial charge in [-0.25, -0.2) is 4.68 Å². The van der Waals surface area contributed by atoms with Gasteiger partial charge in [-0.05, 0) is 61.9 Å². The van der Waals surface area contributed by atoms with Gasteiger partial charge in [0.2, 0.25) is 0 Å². The van der Waals surface area contributed by atoms with Crippen molar-refractivity contribution < 1.29 is 4.79 Å². The molecule has 34 heavy (non-hydrogen) atoms. The van der Waals surface area contributed by atoms with Crippen molar-refractivity contribution in [3.8, 4) is 16.9 Å². The van der Waals surface area contributed by atoms with Crippen LogP contribution in [0.4, 0.5) is 5.69 Å². The highest BCUT2D eigenvalue weighted by atomic mass is 35.5. The van der Waals surface area contributed by atoms with Gasteiger partial charge >= 0.3 is 0 Å². The van der Waals surface area contributed by atoms with Crippen LogP contribution >= 0.6 is 23.2 Å². The zero-order valence-electron chi connectivity index (χ0n) is 19.1. The maximum atomic E-state index is 13.2. The fourth-order valence-electron chi connectivity index (χ4n) is 3.90. The Labute approximate surface area is 209 Å². The predicted octanol–water partition coefficient (Wildman–Crippen LogP) is 6.41. The molecule has 0 aliphatic carbocycles. The van der Waals surface area contributed by atoms with Gasteiger partial charge in [0.25, 0.3) is 5.91 Å². The third kappa shape index (κ3) is 5.44. The number of benzene rings is 3. The van der Waals surface area contributed by atoms with Crippen molar-refractivity contribution in [2.24, 2.45) is 0 Å². The molecule has 3 aromatic carbocycles. The van der Waals surface area contributed by atoms with Crippen LogP contribution in [0.1, 0.15) is 22.8 Å². The van der Waals surface area contributed by atoms with E-state index >= 15 is 0 Å². The smallest absolute Gasteiger partial charge is 0.255 e. The van der Waals surface area contributed by atoms with Crippen molar-refractivity contribution in [3.05, 3.63) is 100 Å². The number of rotatable bonds is 8. The standard InChI is InChI=1S/C27H26Cl2N4O/c1-3-32(23-8-4-6-19(2)16-23)15-14-30-27(34)25-18-31-33(24-9-5-7-22(29)17-24)26(25)20-10-12-21(28)13-11-20/h4-13,16-18H,3,14-15H2,1-2H3,(H,30,34). The van der Waals surface area contributed by atoms with E-state index in [-0.39, 0.29) is 5.91 Å². The van der Waals surface area contributed by atoms with Gasteiger partial charge in [-0.2, -0.15) is 5.10 Å². The summed E-state index contributed by atoms with van der Waals surface area (Å²) < 4.78 is 1.73. The molecule has 174 valence electrons. The van der Waals surface area contributed by atoms with Gasteiger partial charge in [0.1, 0.15) is 0 Å². The van der Waals surface area contributed by atoms with Crippen molar-refractivity contribution in [2.45, 2.75) is 13.8 Å². The third-order valence-corrected chi connectivity index (χ3v) is 6.09. The molecule has 0 spiro atoms. The molecule has 5 nitrogen and oxygen atoms in total. The highest BCUT2D eigenvalue weighted by Gasteiger charge is 2.20. The maximum Gasteiger partial charge on any atom is 0.255 e. The van der Waals surface area contributed by atoms with E-state index in [1.54, 1.807) is 29.1 Å². The van der Waals surface area contributed by atoms with E-state index in [2.05, 4.69) is 53.4 Å². The van der Waals surface area contributed by atoms with E-state index in [0.29, 0.717) is 34.4 Å². The average Bonchev–Trinajstić information content (AvgIpc) is 3.27. The lowest BCUT2D eigenvalue weighted by Gasteiger charge is -2.23. The lowest BCUT2D eigenvalue weighted by Crippen LogP contribution is -2.35. The number of aromatic nitrogens is 2. The van der Waals surface area contributed by atoms with E-state index in [4.69, 9.17) is 23.2 Å². The molecule has 7 heteroatoms. The monoisotopic (exact) mass is 492 g/mol. The van der Waals surface area contributed by atoms with Gasteiger partial charge in [-0.15, -0.1) is 0 Å². The number of carbonyl (C=O) groups is 1. The molecule has 4 aromatic rings. The summed E-state index contributed by atoms with van der Waals surface area (Å²) in [5.41, 5.74) is 5.13. The molecule has 0 bridgehead atoms. The number of likely N-dealkylation sites (N-methyl/N-ethyl adjacent to an activating group) is 1. The van der Waals surface area contributed by atoms with Crippen LogP contribution in [0.5, 0.6) is 0 Å². The number of aryl methyl sites for hydroxylation is 1. The topological polar surface area (TPSA) is 50.2 Å². The molecule has 0 aliphatic rings. The molecule has 0 radical (unpaired) electrons. The summed E-state index contributed by atoms with van der Waals surface area (Å²) in [5.74, 6) is -0.182. The van der Waals surface area contributed by atoms with Crippen LogP contribution in [-0.2, 0) is 0 Å². The van der Waals surface area contributed by atoms with E-state index < -0.39 is 0 Å². The second-order valence-electron chi connectivity index (χ2n) is 7.98. The molecule has 1 N–H and O–H groups in total. The summed E-state index contributed by atoms with van der Waals surface area (Å²) in [6.45, 7) is 6.24.